The minimum absolute atomic E-state index is 0.0138. The minimum Gasteiger partial charge on any atom is -0.369 e. The third-order valence-corrected chi connectivity index (χ3v) is 6.20. The number of sulfonamides is 1. The Balaban J connectivity index is 1.66. The van der Waals surface area contributed by atoms with Gasteiger partial charge in [-0.3, -0.25) is 9.97 Å². The number of imidazole rings is 1. The van der Waals surface area contributed by atoms with Crippen LogP contribution < -0.4 is 0 Å². The van der Waals surface area contributed by atoms with E-state index >= 15 is 0 Å². The van der Waals surface area contributed by atoms with Crippen LogP contribution in [0.3, 0.4) is 0 Å². The van der Waals surface area contributed by atoms with Crippen molar-refractivity contribution in [1.29, 1.82) is 0 Å². The number of rotatable bonds is 4. The standard InChI is InChI=1S/C18H18FN5O3S/c1-23-11-16(22-12-23)28(25,26)24-7-8-27-15(10-24)18-17(20-5-6-21-18)13-3-2-4-14(19)9-13/h2-6,9,11-12,15H,7-8,10H2,1H3/t15-/m0/s1. The smallest absolute Gasteiger partial charge is 0.262 e. The quantitative estimate of drug-likeness (QED) is 0.660. The van der Waals surface area contributed by atoms with Gasteiger partial charge in [0.1, 0.15) is 11.9 Å². The van der Waals surface area contributed by atoms with Crippen molar-refractivity contribution in [3.05, 3.63) is 60.7 Å². The first-order valence-corrected chi connectivity index (χ1v) is 10.1. The van der Waals surface area contributed by atoms with Gasteiger partial charge in [0.05, 0.1) is 24.3 Å². The fourth-order valence-electron chi connectivity index (χ4n) is 3.11. The van der Waals surface area contributed by atoms with Gasteiger partial charge in [-0.15, -0.1) is 0 Å². The Bertz CT molecular complexity index is 1100. The maximum atomic E-state index is 13.7. The third kappa shape index (κ3) is 3.53. The number of hydrogen-bond donors (Lipinski definition) is 0. The van der Waals surface area contributed by atoms with E-state index < -0.39 is 21.9 Å². The lowest BCUT2D eigenvalue weighted by Crippen LogP contribution is -2.42. The molecule has 0 bridgehead atoms. The topological polar surface area (TPSA) is 90.2 Å². The molecule has 3 heterocycles. The molecule has 0 unspecified atom stereocenters. The zero-order chi connectivity index (χ0) is 19.7. The average molecular weight is 403 g/mol. The van der Waals surface area contributed by atoms with Crippen LogP contribution in [0.2, 0.25) is 0 Å². The van der Waals surface area contributed by atoms with E-state index in [9.17, 15) is 12.8 Å². The summed E-state index contributed by atoms with van der Waals surface area (Å²) in [5, 5.41) is -0.0138. The summed E-state index contributed by atoms with van der Waals surface area (Å²) >= 11 is 0. The summed E-state index contributed by atoms with van der Waals surface area (Å²) in [5.41, 5.74) is 1.48. The molecule has 0 spiro atoms. The van der Waals surface area contributed by atoms with Crippen molar-refractivity contribution in [3.63, 3.8) is 0 Å². The van der Waals surface area contributed by atoms with E-state index in [4.69, 9.17) is 4.74 Å². The summed E-state index contributed by atoms with van der Waals surface area (Å²) in [7, 11) is -2.05. The highest BCUT2D eigenvalue weighted by Crippen LogP contribution is 2.30. The lowest BCUT2D eigenvalue weighted by atomic mass is 10.1. The van der Waals surface area contributed by atoms with Crippen molar-refractivity contribution < 1.29 is 17.5 Å². The van der Waals surface area contributed by atoms with Crippen LogP contribution in [-0.2, 0) is 21.8 Å². The number of hydrogen-bond acceptors (Lipinski definition) is 6. The zero-order valence-electron chi connectivity index (χ0n) is 15.1. The number of nitrogens with zero attached hydrogens (tertiary/aromatic N) is 5. The molecule has 146 valence electrons. The SMILES string of the molecule is Cn1cnc(S(=O)(=O)N2CCO[C@H](c3nccnc3-c3cccc(F)c3)C2)c1. The van der Waals surface area contributed by atoms with E-state index in [1.54, 1.807) is 23.7 Å². The van der Waals surface area contributed by atoms with Gasteiger partial charge < -0.3 is 9.30 Å². The summed E-state index contributed by atoms with van der Waals surface area (Å²) in [5.74, 6) is -0.391. The molecule has 0 radical (unpaired) electrons. The number of benzene rings is 1. The van der Waals surface area contributed by atoms with Gasteiger partial charge in [0.15, 0.2) is 5.03 Å². The fraction of sp³-hybridized carbons (Fsp3) is 0.278. The van der Waals surface area contributed by atoms with Crippen LogP contribution in [-0.4, -0.2) is 51.9 Å². The zero-order valence-corrected chi connectivity index (χ0v) is 15.9. The lowest BCUT2D eigenvalue weighted by Gasteiger charge is -2.31. The van der Waals surface area contributed by atoms with Crippen molar-refractivity contribution in [3.8, 4) is 11.3 Å². The first-order chi connectivity index (χ1) is 13.4. The van der Waals surface area contributed by atoms with E-state index in [0.29, 0.717) is 17.0 Å². The molecule has 10 heteroatoms. The van der Waals surface area contributed by atoms with Crippen LogP contribution in [0.4, 0.5) is 4.39 Å². The number of halogens is 1. The Morgan fingerprint density at radius 2 is 2.04 bits per heavy atom. The summed E-state index contributed by atoms with van der Waals surface area (Å²) < 4.78 is 48.1. The maximum Gasteiger partial charge on any atom is 0.262 e. The van der Waals surface area contributed by atoms with Crippen molar-refractivity contribution in [1.82, 2.24) is 23.8 Å². The summed E-state index contributed by atoms with van der Waals surface area (Å²) in [6.07, 6.45) is 5.29. The molecule has 0 amide bonds. The molecule has 0 N–H and O–H groups in total. The highest BCUT2D eigenvalue weighted by Gasteiger charge is 2.34. The number of ether oxygens (including phenoxy) is 1. The molecular weight excluding hydrogens is 385 g/mol. The van der Waals surface area contributed by atoms with Crippen molar-refractivity contribution in [2.75, 3.05) is 19.7 Å². The lowest BCUT2D eigenvalue weighted by molar-refractivity contribution is -0.00483. The summed E-state index contributed by atoms with van der Waals surface area (Å²) in [6, 6.07) is 6.01. The van der Waals surface area contributed by atoms with E-state index in [-0.39, 0.29) is 24.7 Å². The maximum absolute atomic E-state index is 13.7. The van der Waals surface area contributed by atoms with Crippen LogP contribution in [0.25, 0.3) is 11.3 Å². The molecule has 8 nitrogen and oxygen atoms in total. The second-order valence-electron chi connectivity index (χ2n) is 6.40. The monoisotopic (exact) mass is 403 g/mol. The van der Waals surface area contributed by atoms with Gasteiger partial charge in [0.25, 0.3) is 10.0 Å². The van der Waals surface area contributed by atoms with Crippen molar-refractivity contribution in [2.45, 2.75) is 11.1 Å². The van der Waals surface area contributed by atoms with Crippen molar-refractivity contribution >= 4 is 10.0 Å². The van der Waals surface area contributed by atoms with Crippen LogP contribution >= 0.6 is 0 Å². The van der Waals surface area contributed by atoms with Gasteiger partial charge in [-0.1, -0.05) is 12.1 Å². The van der Waals surface area contributed by atoms with E-state index in [1.807, 2.05) is 0 Å². The molecule has 0 saturated carbocycles. The predicted molar refractivity (Wildman–Crippen MR) is 98.1 cm³/mol. The summed E-state index contributed by atoms with van der Waals surface area (Å²) in [6.45, 7) is 0.487. The van der Waals surface area contributed by atoms with E-state index in [2.05, 4.69) is 15.0 Å². The highest BCUT2D eigenvalue weighted by molar-refractivity contribution is 7.89. The Labute approximate surface area is 161 Å². The molecule has 2 aromatic heterocycles. The third-order valence-electron chi connectivity index (χ3n) is 4.44. The van der Waals surface area contributed by atoms with E-state index in [0.717, 1.165) is 0 Å². The van der Waals surface area contributed by atoms with Gasteiger partial charge in [-0.2, -0.15) is 4.31 Å². The molecule has 1 aliphatic rings. The number of aromatic nitrogens is 4. The molecule has 4 rings (SSSR count). The molecule has 0 aliphatic carbocycles. The van der Waals surface area contributed by atoms with Gasteiger partial charge in [-0.25, -0.2) is 17.8 Å². The second-order valence-corrected chi connectivity index (χ2v) is 8.29. The molecule has 1 aliphatic heterocycles. The van der Waals surface area contributed by atoms with Gasteiger partial charge in [0, 0.05) is 44.3 Å². The molecular formula is C18H18FN5O3S. The second kappa shape index (κ2) is 7.38. The minimum atomic E-state index is -3.75. The first-order valence-electron chi connectivity index (χ1n) is 8.62. The van der Waals surface area contributed by atoms with Gasteiger partial charge in [0.2, 0.25) is 0 Å². The molecule has 1 atom stereocenters. The molecule has 1 saturated heterocycles. The Kier molecular flexibility index (Phi) is 4.92. The molecule has 1 aromatic carbocycles. The predicted octanol–water partition coefficient (Wildman–Crippen LogP) is 1.78. The molecule has 28 heavy (non-hydrogen) atoms. The number of morpholine rings is 1. The first kappa shape index (κ1) is 18.7. The molecule has 3 aromatic rings. The van der Waals surface area contributed by atoms with Crippen LogP contribution in [0.1, 0.15) is 11.8 Å². The normalized spacial score (nSPS) is 18.3. The van der Waals surface area contributed by atoms with E-state index in [1.165, 1.54) is 41.4 Å². The molecule has 1 fully saturated rings. The van der Waals surface area contributed by atoms with Gasteiger partial charge >= 0.3 is 0 Å². The Morgan fingerprint density at radius 3 is 2.79 bits per heavy atom. The Morgan fingerprint density at radius 1 is 1.21 bits per heavy atom. The van der Waals surface area contributed by atoms with Crippen LogP contribution in [0.15, 0.2) is 54.2 Å². The Hall–Kier alpha value is -2.69. The summed E-state index contributed by atoms with van der Waals surface area (Å²) in [4.78, 5) is 12.6. The fourth-order valence-corrected chi connectivity index (χ4v) is 4.50. The largest absolute Gasteiger partial charge is 0.369 e. The van der Waals surface area contributed by atoms with Crippen LogP contribution in [0, 0.1) is 5.82 Å². The number of aryl methyl sites for hydroxylation is 1. The highest BCUT2D eigenvalue weighted by atomic mass is 32.2. The van der Waals surface area contributed by atoms with Crippen LogP contribution in [0.5, 0.6) is 0 Å². The van der Waals surface area contributed by atoms with Crippen molar-refractivity contribution in [2.24, 2.45) is 7.05 Å². The van der Waals surface area contributed by atoms with Gasteiger partial charge in [-0.05, 0) is 12.1 Å². The average Bonchev–Trinajstić information content (AvgIpc) is 3.15.